The number of hydrogen-bond donors (Lipinski definition) is 2. The normalized spacial score (nSPS) is 10.9. The van der Waals surface area contributed by atoms with E-state index in [2.05, 4.69) is 4.98 Å². The fraction of sp³-hybridized carbons (Fsp3) is 0.167. The predicted molar refractivity (Wildman–Crippen MR) is 86.5 cm³/mol. The SMILES string of the molecule is COc1cccc(-c2cc(C)c3cc(C)c(O)cc3n2)c1O. The number of hydrogen-bond acceptors (Lipinski definition) is 4. The third-order valence-corrected chi connectivity index (χ3v) is 3.83. The Morgan fingerprint density at radius 2 is 1.77 bits per heavy atom. The van der Waals surface area contributed by atoms with Crippen molar-refractivity contribution in [3.05, 3.63) is 47.5 Å². The molecule has 3 rings (SSSR count). The lowest BCUT2D eigenvalue weighted by molar-refractivity contribution is 0.374. The first-order chi connectivity index (χ1) is 10.5. The van der Waals surface area contributed by atoms with E-state index in [1.807, 2.05) is 32.0 Å². The molecule has 0 saturated carbocycles. The van der Waals surface area contributed by atoms with E-state index >= 15 is 0 Å². The molecule has 1 aromatic heterocycles. The smallest absolute Gasteiger partial charge is 0.167 e. The molecule has 0 atom stereocenters. The summed E-state index contributed by atoms with van der Waals surface area (Å²) in [7, 11) is 1.51. The highest BCUT2D eigenvalue weighted by Crippen LogP contribution is 2.37. The van der Waals surface area contributed by atoms with Gasteiger partial charge in [0.1, 0.15) is 5.75 Å². The van der Waals surface area contributed by atoms with Crippen LogP contribution < -0.4 is 4.74 Å². The Morgan fingerprint density at radius 1 is 1.00 bits per heavy atom. The van der Waals surface area contributed by atoms with Crippen molar-refractivity contribution in [1.29, 1.82) is 0 Å². The number of benzene rings is 2. The average Bonchev–Trinajstić information content (AvgIpc) is 2.49. The molecule has 22 heavy (non-hydrogen) atoms. The van der Waals surface area contributed by atoms with Crippen molar-refractivity contribution in [2.45, 2.75) is 13.8 Å². The van der Waals surface area contributed by atoms with Crippen LogP contribution in [0.3, 0.4) is 0 Å². The summed E-state index contributed by atoms with van der Waals surface area (Å²) in [5.74, 6) is 0.683. The molecule has 2 N–H and O–H groups in total. The fourth-order valence-electron chi connectivity index (χ4n) is 2.57. The topological polar surface area (TPSA) is 62.6 Å². The average molecular weight is 295 g/mol. The standard InChI is InChI=1S/C18H17NO3/c1-10-8-14(12-5-4-6-17(22-3)18(12)21)19-15-9-16(20)11(2)7-13(10)15/h4-9,20-21H,1-3H3. The number of rotatable bonds is 2. The van der Waals surface area contributed by atoms with Crippen LogP contribution in [0.5, 0.6) is 17.2 Å². The Labute approximate surface area is 128 Å². The maximum atomic E-state index is 10.3. The number of aromatic nitrogens is 1. The van der Waals surface area contributed by atoms with Gasteiger partial charge in [-0.3, -0.25) is 0 Å². The highest BCUT2D eigenvalue weighted by atomic mass is 16.5. The molecule has 2 aromatic carbocycles. The summed E-state index contributed by atoms with van der Waals surface area (Å²) in [5.41, 5.74) is 3.79. The third-order valence-electron chi connectivity index (χ3n) is 3.83. The molecule has 0 unspecified atom stereocenters. The van der Waals surface area contributed by atoms with E-state index < -0.39 is 0 Å². The molecule has 112 valence electrons. The third kappa shape index (κ3) is 2.22. The van der Waals surface area contributed by atoms with Gasteiger partial charge >= 0.3 is 0 Å². The molecule has 4 heteroatoms. The van der Waals surface area contributed by atoms with E-state index in [0.29, 0.717) is 22.5 Å². The van der Waals surface area contributed by atoms with Crippen LogP contribution >= 0.6 is 0 Å². The molecule has 0 radical (unpaired) electrons. The Kier molecular flexibility index (Phi) is 3.37. The number of ether oxygens (including phenoxy) is 1. The number of aromatic hydroxyl groups is 2. The molecule has 0 saturated heterocycles. The number of nitrogens with zero attached hydrogens (tertiary/aromatic N) is 1. The molecule has 0 spiro atoms. The van der Waals surface area contributed by atoms with Crippen LogP contribution in [0.25, 0.3) is 22.2 Å². The fourth-order valence-corrected chi connectivity index (χ4v) is 2.57. The lowest BCUT2D eigenvalue weighted by atomic mass is 10.0. The van der Waals surface area contributed by atoms with E-state index in [1.165, 1.54) is 7.11 Å². The van der Waals surface area contributed by atoms with Crippen molar-refractivity contribution in [1.82, 2.24) is 4.98 Å². The minimum Gasteiger partial charge on any atom is -0.508 e. The number of phenols is 2. The maximum Gasteiger partial charge on any atom is 0.167 e. The first-order valence-electron chi connectivity index (χ1n) is 6.98. The first-order valence-corrected chi connectivity index (χ1v) is 6.98. The van der Waals surface area contributed by atoms with Crippen molar-refractivity contribution >= 4 is 10.9 Å². The highest BCUT2D eigenvalue weighted by Gasteiger charge is 2.13. The molecule has 3 aromatic rings. The Morgan fingerprint density at radius 3 is 2.50 bits per heavy atom. The summed E-state index contributed by atoms with van der Waals surface area (Å²) >= 11 is 0. The quantitative estimate of drug-likeness (QED) is 0.751. The first kappa shape index (κ1) is 14.2. The molecule has 0 fully saturated rings. The molecule has 0 amide bonds. The van der Waals surface area contributed by atoms with Crippen LogP contribution in [0.4, 0.5) is 0 Å². The lowest BCUT2D eigenvalue weighted by Crippen LogP contribution is -1.92. The second kappa shape index (κ2) is 5.22. The summed E-state index contributed by atoms with van der Waals surface area (Å²) in [6.07, 6.45) is 0. The minimum atomic E-state index is 0.0626. The van der Waals surface area contributed by atoms with E-state index in [0.717, 1.165) is 16.5 Å². The molecule has 0 aliphatic rings. The van der Waals surface area contributed by atoms with Gasteiger partial charge in [-0.1, -0.05) is 6.07 Å². The van der Waals surface area contributed by atoms with Gasteiger partial charge < -0.3 is 14.9 Å². The van der Waals surface area contributed by atoms with Crippen molar-refractivity contribution in [2.75, 3.05) is 7.11 Å². The number of pyridine rings is 1. The van der Waals surface area contributed by atoms with Gasteiger partial charge in [0.05, 0.1) is 18.3 Å². The van der Waals surface area contributed by atoms with Crippen LogP contribution in [-0.2, 0) is 0 Å². The lowest BCUT2D eigenvalue weighted by Gasteiger charge is -2.11. The van der Waals surface area contributed by atoms with Gasteiger partial charge in [-0.2, -0.15) is 0 Å². The second-order valence-corrected chi connectivity index (χ2v) is 5.34. The summed E-state index contributed by atoms with van der Waals surface area (Å²) in [5, 5.41) is 21.2. The van der Waals surface area contributed by atoms with Gasteiger partial charge in [0, 0.05) is 17.0 Å². The minimum absolute atomic E-state index is 0.0626. The molecule has 0 aliphatic heterocycles. The Hall–Kier alpha value is -2.75. The molecule has 4 nitrogen and oxygen atoms in total. The van der Waals surface area contributed by atoms with Gasteiger partial charge in [-0.15, -0.1) is 0 Å². The van der Waals surface area contributed by atoms with Crippen LogP contribution in [0, 0.1) is 13.8 Å². The number of para-hydroxylation sites is 1. The number of aryl methyl sites for hydroxylation is 2. The van der Waals surface area contributed by atoms with Crippen molar-refractivity contribution < 1.29 is 14.9 Å². The van der Waals surface area contributed by atoms with Crippen molar-refractivity contribution in [2.24, 2.45) is 0 Å². The van der Waals surface area contributed by atoms with Gasteiger partial charge in [0.25, 0.3) is 0 Å². The van der Waals surface area contributed by atoms with E-state index in [4.69, 9.17) is 4.74 Å². The van der Waals surface area contributed by atoms with Crippen molar-refractivity contribution in [3.63, 3.8) is 0 Å². The monoisotopic (exact) mass is 295 g/mol. The second-order valence-electron chi connectivity index (χ2n) is 5.34. The summed E-state index contributed by atoms with van der Waals surface area (Å²) in [6, 6.07) is 10.8. The Balaban J connectivity index is 2.27. The predicted octanol–water partition coefficient (Wildman–Crippen LogP) is 3.94. The van der Waals surface area contributed by atoms with Crippen LogP contribution in [0.1, 0.15) is 11.1 Å². The number of phenolic OH excluding ortho intramolecular Hbond substituents is 2. The number of methoxy groups -OCH3 is 1. The molecular formula is C18H17NO3. The van der Waals surface area contributed by atoms with Gasteiger partial charge in [-0.05, 0) is 49.2 Å². The highest BCUT2D eigenvalue weighted by molar-refractivity contribution is 5.87. The van der Waals surface area contributed by atoms with Gasteiger partial charge in [-0.25, -0.2) is 4.98 Å². The van der Waals surface area contributed by atoms with Crippen LogP contribution in [0.15, 0.2) is 36.4 Å². The zero-order valence-corrected chi connectivity index (χ0v) is 12.7. The van der Waals surface area contributed by atoms with Gasteiger partial charge in [0.15, 0.2) is 11.5 Å². The zero-order valence-electron chi connectivity index (χ0n) is 12.7. The van der Waals surface area contributed by atoms with E-state index in [-0.39, 0.29) is 11.5 Å². The van der Waals surface area contributed by atoms with E-state index in [1.54, 1.807) is 18.2 Å². The summed E-state index contributed by atoms with van der Waals surface area (Å²) in [4.78, 5) is 4.57. The molecule has 1 heterocycles. The molecule has 0 aliphatic carbocycles. The van der Waals surface area contributed by atoms with Crippen LogP contribution in [-0.4, -0.2) is 22.3 Å². The van der Waals surface area contributed by atoms with Crippen LogP contribution in [0.2, 0.25) is 0 Å². The summed E-state index contributed by atoms with van der Waals surface area (Å²) < 4.78 is 5.14. The molecular weight excluding hydrogens is 278 g/mol. The maximum absolute atomic E-state index is 10.3. The van der Waals surface area contributed by atoms with Crippen molar-refractivity contribution in [3.8, 4) is 28.5 Å². The Bertz CT molecular complexity index is 872. The number of fused-ring (bicyclic) bond motifs is 1. The summed E-state index contributed by atoms with van der Waals surface area (Å²) in [6.45, 7) is 3.84. The largest absolute Gasteiger partial charge is 0.508 e. The molecule has 0 bridgehead atoms. The zero-order chi connectivity index (χ0) is 15.9. The van der Waals surface area contributed by atoms with Gasteiger partial charge in [0.2, 0.25) is 0 Å². The van der Waals surface area contributed by atoms with E-state index in [9.17, 15) is 10.2 Å².